The molecule has 0 bridgehead atoms. The molecule has 2 aliphatic rings. The topological polar surface area (TPSA) is 55.8 Å². The first kappa shape index (κ1) is 9.27. The van der Waals surface area contributed by atoms with Gasteiger partial charge in [-0.3, -0.25) is 0 Å². The molecule has 0 aromatic heterocycles. The summed E-state index contributed by atoms with van der Waals surface area (Å²) in [5.74, 6) is 1.57. The third-order valence-corrected chi connectivity index (χ3v) is 2.97. The summed E-state index contributed by atoms with van der Waals surface area (Å²) in [5, 5.41) is 8.53. The Kier molecular flexibility index (Phi) is 1.89. The van der Waals surface area contributed by atoms with Crippen molar-refractivity contribution < 1.29 is 19.4 Å². The van der Waals surface area contributed by atoms with Crippen molar-refractivity contribution >= 4 is 6.16 Å². The fraction of sp³-hybridized carbons (Fsp3) is 0.250. The van der Waals surface area contributed by atoms with Crippen molar-refractivity contribution in [3.05, 3.63) is 41.7 Å². The van der Waals surface area contributed by atoms with E-state index in [0.29, 0.717) is 12.2 Å². The van der Waals surface area contributed by atoms with Gasteiger partial charge in [0.2, 0.25) is 0 Å². The van der Waals surface area contributed by atoms with Crippen LogP contribution in [0.25, 0.3) is 0 Å². The molecule has 0 radical (unpaired) electrons. The number of benzene rings is 1. The molecule has 0 fully saturated rings. The van der Waals surface area contributed by atoms with Gasteiger partial charge in [-0.15, -0.1) is 0 Å². The van der Waals surface area contributed by atoms with E-state index in [9.17, 15) is 4.79 Å². The van der Waals surface area contributed by atoms with Crippen LogP contribution in [0.4, 0.5) is 4.79 Å². The number of rotatable bonds is 1. The fourth-order valence-electron chi connectivity index (χ4n) is 2.33. The van der Waals surface area contributed by atoms with Gasteiger partial charge in [0.05, 0.1) is 0 Å². The molecule has 2 atom stereocenters. The van der Waals surface area contributed by atoms with Gasteiger partial charge >= 0.3 is 6.16 Å². The molecule has 0 spiro atoms. The number of allylic oxidation sites excluding steroid dienone is 1. The third-order valence-electron chi connectivity index (χ3n) is 2.97. The molecule has 0 saturated carbocycles. The number of hydrogen-bond donors (Lipinski definition) is 1. The van der Waals surface area contributed by atoms with Gasteiger partial charge in [0, 0.05) is 17.9 Å². The van der Waals surface area contributed by atoms with Crippen molar-refractivity contribution in [2.75, 3.05) is 0 Å². The summed E-state index contributed by atoms with van der Waals surface area (Å²) in [4.78, 5) is 10.4. The first-order chi connectivity index (χ1) is 7.74. The Balaban J connectivity index is 1.84. The summed E-state index contributed by atoms with van der Waals surface area (Å²) in [5.41, 5.74) is 1.13. The zero-order valence-electron chi connectivity index (χ0n) is 8.42. The quantitative estimate of drug-likeness (QED) is 0.736. The minimum absolute atomic E-state index is 0.0771. The molecule has 1 aromatic carbocycles. The highest BCUT2D eigenvalue weighted by Gasteiger charge is 2.39. The van der Waals surface area contributed by atoms with Gasteiger partial charge in [0.1, 0.15) is 17.6 Å². The van der Waals surface area contributed by atoms with Gasteiger partial charge in [0.25, 0.3) is 0 Å². The molecule has 1 heterocycles. The highest BCUT2D eigenvalue weighted by atomic mass is 16.7. The summed E-state index contributed by atoms with van der Waals surface area (Å²) in [6, 6.07) is 7.83. The van der Waals surface area contributed by atoms with Crippen molar-refractivity contribution in [1.29, 1.82) is 0 Å². The molecule has 4 nitrogen and oxygen atoms in total. The van der Waals surface area contributed by atoms with Crippen LogP contribution < -0.4 is 4.74 Å². The number of carbonyl (C=O) groups is 1. The van der Waals surface area contributed by atoms with Crippen LogP contribution in [-0.4, -0.2) is 17.4 Å². The lowest BCUT2D eigenvalue weighted by molar-refractivity contribution is 0.117. The van der Waals surface area contributed by atoms with Crippen molar-refractivity contribution in [2.24, 2.45) is 0 Å². The van der Waals surface area contributed by atoms with Gasteiger partial charge < -0.3 is 14.6 Å². The van der Waals surface area contributed by atoms with Crippen LogP contribution in [0.3, 0.4) is 0 Å². The second-order valence-corrected chi connectivity index (χ2v) is 3.93. The number of para-hydroxylation sites is 1. The Hall–Kier alpha value is -1.97. The molecule has 3 rings (SSSR count). The second kappa shape index (κ2) is 3.27. The highest BCUT2D eigenvalue weighted by Crippen LogP contribution is 2.46. The van der Waals surface area contributed by atoms with Crippen LogP contribution in [0.2, 0.25) is 0 Å². The normalized spacial score (nSPS) is 25.4. The maximum Gasteiger partial charge on any atom is 0.511 e. The largest absolute Gasteiger partial charge is 0.511 e. The molecule has 0 saturated heterocycles. The SMILES string of the molecule is O=C(O)OC1=CC2Oc3ccccc3C2C1. The maximum atomic E-state index is 10.4. The van der Waals surface area contributed by atoms with E-state index < -0.39 is 6.16 Å². The van der Waals surface area contributed by atoms with Gasteiger partial charge in [0.15, 0.2) is 0 Å². The lowest BCUT2D eigenvalue weighted by Crippen LogP contribution is -2.10. The summed E-state index contributed by atoms with van der Waals surface area (Å²) in [6.45, 7) is 0. The molecule has 82 valence electrons. The van der Waals surface area contributed by atoms with E-state index in [0.717, 1.165) is 11.3 Å². The maximum absolute atomic E-state index is 10.4. The minimum atomic E-state index is -1.26. The minimum Gasteiger partial charge on any atom is -0.485 e. The zero-order chi connectivity index (χ0) is 11.1. The van der Waals surface area contributed by atoms with Crippen LogP contribution in [0.1, 0.15) is 17.9 Å². The van der Waals surface area contributed by atoms with Crippen LogP contribution in [0.15, 0.2) is 36.1 Å². The average molecular weight is 218 g/mol. The molecule has 1 aromatic rings. The van der Waals surface area contributed by atoms with Crippen molar-refractivity contribution in [1.82, 2.24) is 0 Å². The molecule has 0 amide bonds. The van der Waals surface area contributed by atoms with E-state index in [1.165, 1.54) is 0 Å². The predicted molar refractivity (Wildman–Crippen MR) is 55.4 cm³/mol. The van der Waals surface area contributed by atoms with Crippen LogP contribution >= 0.6 is 0 Å². The van der Waals surface area contributed by atoms with Crippen molar-refractivity contribution in [2.45, 2.75) is 18.4 Å². The fourth-order valence-corrected chi connectivity index (χ4v) is 2.33. The Morgan fingerprint density at radius 1 is 1.44 bits per heavy atom. The summed E-state index contributed by atoms with van der Waals surface area (Å²) < 4.78 is 10.4. The standard InChI is InChI=1S/C12H10O4/c13-12(14)15-7-5-9-8-3-1-2-4-10(8)16-11(9)6-7/h1-4,6,9,11H,5H2,(H,13,14). The lowest BCUT2D eigenvalue weighted by atomic mass is 9.97. The first-order valence-electron chi connectivity index (χ1n) is 5.11. The molecule has 1 aliphatic heterocycles. The van der Waals surface area contributed by atoms with Gasteiger partial charge in [-0.25, -0.2) is 4.79 Å². The Labute approximate surface area is 92.1 Å². The Morgan fingerprint density at radius 3 is 3.06 bits per heavy atom. The van der Waals surface area contributed by atoms with E-state index in [2.05, 4.69) is 4.74 Å². The second-order valence-electron chi connectivity index (χ2n) is 3.93. The molecule has 2 unspecified atom stereocenters. The summed E-state index contributed by atoms with van der Waals surface area (Å²) >= 11 is 0. The molecule has 1 N–H and O–H groups in total. The number of fused-ring (bicyclic) bond motifs is 3. The number of carboxylic acid groups (broad SMARTS) is 1. The van der Waals surface area contributed by atoms with Crippen LogP contribution in [0.5, 0.6) is 5.75 Å². The van der Waals surface area contributed by atoms with E-state index in [1.807, 2.05) is 24.3 Å². The van der Waals surface area contributed by atoms with E-state index in [-0.39, 0.29) is 12.0 Å². The van der Waals surface area contributed by atoms with Crippen LogP contribution in [-0.2, 0) is 4.74 Å². The average Bonchev–Trinajstić information content (AvgIpc) is 2.73. The Bertz CT molecular complexity index is 478. The summed E-state index contributed by atoms with van der Waals surface area (Å²) in [6.07, 6.45) is 0.999. The van der Waals surface area contributed by atoms with E-state index in [1.54, 1.807) is 6.08 Å². The Morgan fingerprint density at radius 2 is 2.25 bits per heavy atom. The lowest BCUT2D eigenvalue weighted by Gasteiger charge is -2.06. The molecule has 1 aliphatic carbocycles. The molecular weight excluding hydrogens is 208 g/mol. The first-order valence-corrected chi connectivity index (χ1v) is 5.11. The smallest absolute Gasteiger partial charge is 0.485 e. The predicted octanol–water partition coefficient (Wildman–Crippen LogP) is 2.51. The summed E-state index contributed by atoms with van der Waals surface area (Å²) in [7, 11) is 0. The van der Waals surface area contributed by atoms with Crippen molar-refractivity contribution in [3.8, 4) is 5.75 Å². The number of ether oxygens (including phenoxy) is 2. The third kappa shape index (κ3) is 1.34. The van der Waals surface area contributed by atoms with Gasteiger partial charge in [-0.05, 0) is 12.1 Å². The zero-order valence-corrected chi connectivity index (χ0v) is 8.42. The van der Waals surface area contributed by atoms with Gasteiger partial charge in [-0.2, -0.15) is 0 Å². The molecular formula is C12H10O4. The van der Waals surface area contributed by atoms with Crippen LogP contribution in [0, 0.1) is 0 Å². The van der Waals surface area contributed by atoms with Gasteiger partial charge in [-0.1, -0.05) is 18.2 Å². The number of hydrogen-bond acceptors (Lipinski definition) is 3. The molecule has 4 heteroatoms. The van der Waals surface area contributed by atoms with Crippen molar-refractivity contribution in [3.63, 3.8) is 0 Å². The monoisotopic (exact) mass is 218 g/mol. The highest BCUT2D eigenvalue weighted by molar-refractivity contribution is 5.59. The van der Waals surface area contributed by atoms with E-state index >= 15 is 0 Å². The van der Waals surface area contributed by atoms with E-state index in [4.69, 9.17) is 9.84 Å². The molecule has 16 heavy (non-hydrogen) atoms.